The van der Waals surface area contributed by atoms with E-state index in [2.05, 4.69) is 11.2 Å². The quantitative estimate of drug-likeness (QED) is 0.807. The second-order valence-corrected chi connectivity index (χ2v) is 3.70. The van der Waals surface area contributed by atoms with E-state index in [0.717, 1.165) is 17.0 Å². The summed E-state index contributed by atoms with van der Waals surface area (Å²) in [5.41, 5.74) is 1.82. The van der Waals surface area contributed by atoms with E-state index in [0.29, 0.717) is 18.8 Å². The number of rotatable bonds is 4. The first kappa shape index (κ1) is 11.2. The van der Waals surface area contributed by atoms with Gasteiger partial charge in [0.15, 0.2) is 5.76 Å². The summed E-state index contributed by atoms with van der Waals surface area (Å²) in [4.78, 5) is 0. The van der Waals surface area contributed by atoms with Crippen molar-refractivity contribution in [3.8, 4) is 11.8 Å². The van der Waals surface area contributed by atoms with Crippen LogP contribution in [0.1, 0.15) is 17.0 Å². The summed E-state index contributed by atoms with van der Waals surface area (Å²) in [6.45, 7) is 2.22. The minimum atomic E-state index is 0.360. The predicted molar refractivity (Wildman–Crippen MR) is 61.3 cm³/mol. The summed E-state index contributed by atoms with van der Waals surface area (Å²) in [6.07, 6.45) is 0.418. The zero-order chi connectivity index (χ0) is 12.1. The van der Waals surface area contributed by atoms with Crippen LogP contribution >= 0.6 is 0 Å². The van der Waals surface area contributed by atoms with Crippen LogP contribution in [0.25, 0.3) is 0 Å². The van der Waals surface area contributed by atoms with Crippen molar-refractivity contribution in [3.05, 3.63) is 47.3 Å². The Morgan fingerprint density at radius 3 is 2.71 bits per heavy atom. The Hall–Kier alpha value is -2.28. The van der Waals surface area contributed by atoms with Crippen LogP contribution in [0.5, 0.6) is 5.75 Å². The van der Waals surface area contributed by atoms with E-state index in [1.54, 1.807) is 0 Å². The summed E-state index contributed by atoms with van der Waals surface area (Å²) in [5, 5.41) is 12.3. The average molecular weight is 228 g/mol. The van der Waals surface area contributed by atoms with Gasteiger partial charge in [-0.25, -0.2) is 0 Å². The molecule has 1 heterocycles. The second kappa shape index (κ2) is 5.17. The van der Waals surface area contributed by atoms with E-state index in [1.165, 1.54) is 0 Å². The fraction of sp³-hybridized carbons (Fsp3) is 0.231. The highest BCUT2D eigenvalue weighted by Crippen LogP contribution is 2.14. The predicted octanol–water partition coefficient (Wildman–Crippen LogP) is 2.63. The van der Waals surface area contributed by atoms with Crippen molar-refractivity contribution in [1.82, 2.24) is 5.16 Å². The Balaban J connectivity index is 1.93. The van der Waals surface area contributed by atoms with Crippen LogP contribution in [0, 0.1) is 18.3 Å². The van der Waals surface area contributed by atoms with Crippen molar-refractivity contribution < 1.29 is 9.26 Å². The Bertz CT molecular complexity index is 523. The molecule has 0 bridgehead atoms. The van der Waals surface area contributed by atoms with E-state index in [-0.39, 0.29) is 0 Å². The number of hydrogen-bond acceptors (Lipinski definition) is 4. The highest BCUT2D eigenvalue weighted by molar-refractivity contribution is 5.28. The van der Waals surface area contributed by atoms with Gasteiger partial charge in [0.25, 0.3) is 0 Å². The molecule has 0 fully saturated rings. The number of benzene rings is 1. The van der Waals surface area contributed by atoms with Crippen molar-refractivity contribution in [1.29, 1.82) is 5.26 Å². The number of nitriles is 1. The van der Waals surface area contributed by atoms with Crippen molar-refractivity contribution in [2.24, 2.45) is 0 Å². The Morgan fingerprint density at radius 1 is 1.35 bits per heavy atom. The molecule has 0 unspecified atom stereocenters. The highest BCUT2D eigenvalue weighted by Gasteiger charge is 2.01. The third-order valence-corrected chi connectivity index (χ3v) is 2.26. The Morgan fingerprint density at radius 2 is 2.12 bits per heavy atom. The molecular weight excluding hydrogens is 216 g/mol. The molecule has 2 aromatic rings. The molecule has 0 saturated carbocycles. The number of ether oxygens (including phenoxy) is 1. The smallest absolute Gasteiger partial charge is 0.174 e. The molecule has 0 aliphatic carbocycles. The standard InChI is InChI=1S/C13H12N2O2/c1-10-8-13(17-15-10)9-16-12-4-2-11(3-5-12)6-7-14/h2-5,8H,6,9H2,1H3. The fourth-order valence-corrected chi connectivity index (χ4v) is 1.43. The molecule has 4 nitrogen and oxygen atoms in total. The monoisotopic (exact) mass is 228 g/mol. The molecule has 0 spiro atoms. The molecule has 0 radical (unpaired) electrons. The zero-order valence-corrected chi connectivity index (χ0v) is 9.51. The number of nitrogens with zero attached hydrogens (tertiary/aromatic N) is 2. The van der Waals surface area contributed by atoms with E-state index in [1.807, 2.05) is 37.3 Å². The lowest BCUT2D eigenvalue weighted by Crippen LogP contribution is -1.93. The third kappa shape index (κ3) is 3.08. The lowest BCUT2D eigenvalue weighted by molar-refractivity contribution is 0.249. The summed E-state index contributed by atoms with van der Waals surface area (Å²) in [6, 6.07) is 11.4. The summed E-state index contributed by atoms with van der Waals surface area (Å²) in [5.74, 6) is 1.45. The molecule has 0 N–H and O–H groups in total. The van der Waals surface area contributed by atoms with Crippen molar-refractivity contribution in [2.45, 2.75) is 20.0 Å². The molecule has 0 saturated heterocycles. The summed E-state index contributed by atoms with van der Waals surface area (Å²) < 4.78 is 10.6. The zero-order valence-electron chi connectivity index (χ0n) is 9.51. The van der Waals surface area contributed by atoms with Gasteiger partial charge in [-0.3, -0.25) is 0 Å². The molecule has 0 atom stereocenters. The molecule has 1 aromatic heterocycles. The number of hydrogen-bond donors (Lipinski definition) is 0. The molecule has 1 aromatic carbocycles. The summed E-state index contributed by atoms with van der Waals surface area (Å²) >= 11 is 0. The van der Waals surface area contributed by atoms with Gasteiger partial charge in [-0.05, 0) is 24.6 Å². The first-order valence-corrected chi connectivity index (χ1v) is 5.29. The van der Waals surface area contributed by atoms with Gasteiger partial charge in [-0.15, -0.1) is 0 Å². The van der Waals surface area contributed by atoms with Gasteiger partial charge in [0.2, 0.25) is 0 Å². The van der Waals surface area contributed by atoms with Crippen molar-refractivity contribution >= 4 is 0 Å². The van der Waals surface area contributed by atoms with Gasteiger partial charge in [0.05, 0.1) is 18.2 Å². The number of aromatic nitrogens is 1. The van der Waals surface area contributed by atoms with Crippen LogP contribution in [0.3, 0.4) is 0 Å². The highest BCUT2D eigenvalue weighted by atomic mass is 16.5. The van der Waals surface area contributed by atoms with Crippen LogP contribution < -0.4 is 4.74 Å². The van der Waals surface area contributed by atoms with Gasteiger partial charge < -0.3 is 9.26 Å². The average Bonchev–Trinajstić information content (AvgIpc) is 2.75. The molecule has 0 aliphatic heterocycles. The molecular formula is C13H12N2O2. The van der Waals surface area contributed by atoms with Gasteiger partial charge in [0, 0.05) is 6.07 Å². The maximum atomic E-state index is 8.54. The Labute approximate surface area is 99.4 Å². The van der Waals surface area contributed by atoms with Gasteiger partial charge >= 0.3 is 0 Å². The van der Waals surface area contributed by atoms with E-state index >= 15 is 0 Å². The van der Waals surface area contributed by atoms with E-state index in [4.69, 9.17) is 14.5 Å². The SMILES string of the molecule is Cc1cc(COc2ccc(CC#N)cc2)on1. The molecule has 2 rings (SSSR count). The lowest BCUT2D eigenvalue weighted by atomic mass is 10.2. The van der Waals surface area contributed by atoms with E-state index < -0.39 is 0 Å². The molecule has 17 heavy (non-hydrogen) atoms. The maximum Gasteiger partial charge on any atom is 0.174 e. The van der Waals surface area contributed by atoms with Crippen LogP contribution in [-0.2, 0) is 13.0 Å². The lowest BCUT2D eigenvalue weighted by Gasteiger charge is -2.03. The van der Waals surface area contributed by atoms with Crippen molar-refractivity contribution in [3.63, 3.8) is 0 Å². The molecule has 4 heteroatoms. The van der Waals surface area contributed by atoms with Gasteiger partial charge in [0.1, 0.15) is 12.4 Å². The normalized spacial score (nSPS) is 9.88. The minimum absolute atomic E-state index is 0.360. The van der Waals surface area contributed by atoms with Crippen LogP contribution in [-0.4, -0.2) is 5.16 Å². The summed E-state index contributed by atoms with van der Waals surface area (Å²) in [7, 11) is 0. The third-order valence-electron chi connectivity index (χ3n) is 2.26. The van der Waals surface area contributed by atoms with Crippen molar-refractivity contribution in [2.75, 3.05) is 0 Å². The van der Waals surface area contributed by atoms with Gasteiger partial charge in [-0.1, -0.05) is 17.3 Å². The second-order valence-electron chi connectivity index (χ2n) is 3.70. The van der Waals surface area contributed by atoms with Crippen LogP contribution in [0.4, 0.5) is 0 Å². The van der Waals surface area contributed by atoms with Crippen LogP contribution in [0.2, 0.25) is 0 Å². The first-order chi connectivity index (χ1) is 8.28. The Kier molecular flexibility index (Phi) is 3.41. The fourth-order valence-electron chi connectivity index (χ4n) is 1.43. The minimum Gasteiger partial charge on any atom is -0.486 e. The molecule has 0 aliphatic rings. The van der Waals surface area contributed by atoms with Gasteiger partial charge in [-0.2, -0.15) is 5.26 Å². The molecule has 0 amide bonds. The maximum absolute atomic E-state index is 8.54. The first-order valence-electron chi connectivity index (χ1n) is 5.29. The molecule has 86 valence electrons. The topological polar surface area (TPSA) is 59.0 Å². The van der Waals surface area contributed by atoms with Crippen LogP contribution in [0.15, 0.2) is 34.9 Å². The van der Waals surface area contributed by atoms with E-state index in [9.17, 15) is 0 Å². The number of aryl methyl sites for hydroxylation is 1. The largest absolute Gasteiger partial charge is 0.486 e.